The number of benzene rings is 1. The Balaban J connectivity index is 1.34. The van der Waals surface area contributed by atoms with Gasteiger partial charge in [-0.05, 0) is 49.7 Å². The molecule has 4 heterocycles. The van der Waals surface area contributed by atoms with Gasteiger partial charge in [-0.1, -0.05) is 24.3 Å². The van der Waals surface area contributed by atoms with Crippen LogP contribution in [0.1, 0.15) is 43.6 Å². The molecule has 0 saturated carbocycles. The molecule has 2 fully saturated rings. The first-order valence-electron chi connectivity index (χ1n) is 11.9. The van der Waals surface area contributed by atoms with Gasteiger partial charge in [-0.2, -0.15) is 0 Å². The summed E-state index contributed by atoms with van der Waals surface area (Å²) in [6.45, 7) is 2.37. The van der Waals surface area contributed by atoms with E-state index in [1.54, 1.807) is 16.7 Å². The molecule has 1 atom stereocenters. The van der Waals surface area contributed by atoms with E-state index in [0.717, 1.165) is 55.5 Å². The van der Waals surface area contributed by atoms with E-state index in [-0.39, 0.29) is 6.10 Å². The smallest absolute Gasteiger partial charge is 0.242 e. The molecule has 2 aliphatic heterocycles. The fourth-order valence-electron chi connectivity index (χ4n) is 4.75. The lowest BCUT2D eigenvalue weighted by atomic mass is 9.89. The first-order valence-corrected chi connectivity index (χ1v) is 13.7. The molecule has 2 saturated heterocycles. The molecule has 0 bridgehead atoms. The van der Waals surface area contributed by atoms with Crippen LogP contribution >= 0.6 is 0 Å². The van der Waals surface area contributed by atoms with Crippen LogP contribution in [0.3, 0.4) is 0 Å². The number of sulfonamides is 1. The molecule has 34 heavy (non-hydrogen) atoms. The minimum absolute atomic E-state index is 0.0827. The summed E-state index contributed by atoms with van der Waals surface area (Å²) in [5.41, 5.74) is 4.37. The largest absolute Gasteiger partial charge is 0.473 e. The zero-order valence-corrected chi connectivity index (χ0v) is 20.2. The molecule has 1 unspecified atom stereocenters. The number of hydrogen-bond acceptors (Lipinski definition) is 7. The second-order valence-corrected chi connectivity index (χ2v) is 11.1. The van der Waals surface area contributed by atoms with Gasteiger partial charge >= 0.3 is 0 Å². The monoisotopic (exact) mass is 482 g/mol. The number of hydrogen-bond donors (Lipinski definition) is 0. The molecule has 0 radical (unpaired) electrons. The molecule has 2 aromatic heterocycles. The zero-order valence-electron chi connectivity index (χ0n) is 19.4. The number of pyridine rings is 1. The molecule has 0 N–H and O–H groups in total. The van der Waals surface area contributed by atoms with E-state index >= 15 is 0 Å². The molecule has 0 spiro atoms. The highest BCUT2D eigenvalue weighted by Gasteiger charge is 2.26. The Bertz CT molecular complexity index is 1240. The van der Waals surface area contributed by atoms with Gasteiger partial charge in [-0.3, -0.25) is 4.98 Å². The third-order valence-corrected chi connectivity index (χ3v) is 8.01. The molecule has 8 nitrogen and oxygen atoms in total. The lowest BCUT2D eigenvalue weighted by molar-refractivity contribution is -0.0116. The van der Waals surface area contributed by atoms with Crippen molar-refractivity contribution < 1.29 is 17.9 Å². The summed E-state index contributed by atoms with van der Waals surface area (Å²) in [6, 6.07) is 10.3. The fraction of sp³-hybridized carbons (Fsp3) is 0.480. The van der Waals surface area contributed by atoms with Crippen molar-refractivity contribution in [3.8, 4) is 17.1 Å². The number of piperidine rings is 1. The van der Waals surface area contributed by atoms with Crippen LogP contribution < -0.4 is 4.74 Å². The predicted molar refractivity (Wildman–Crippen MR) is 130 cm³/mol. The molecule has 2 aliphatic rings. The van der Waals surface area contributed by atoms with E-state index in [1.807, 2.05) is 6.07 Å². The molecule has 180 valence electrons. The van der Waals surface area contributed by atoms with Crippen molar-refractivity contribution in [2.45, 2.75) is 44.1 Å². The molecule has 1 aromatic carbocycles. The summed E-state index contributed by atoms with van der Waals surface area (Å²) in [5, 5.41) is 0. The summed E-state index contributed by atoms with van der Waals surface area (Å²) in [5.74, 6) is 0.837. The Morgan fingerprint density at radius 3 is 2.53 bits per heavy atom. The minimum Gasteiger partial charge on any atom is -0.473 e. The van der Waals surface area contributed by atoms with E-state index in [2.05, 4.69) is 34.2 Å². The first-order chi connectivity index (χ1) is 16.5. The lowest BCUT2D eigenvalue weighted by Gasteiger charge is -2.30. The fourth-order valence-corrected chi connectivity index (χ4v) is 5.62. The molecule has 5 rings (SSSR count). The SMILES string of the molecule is CS(=O)(=O)N1CCC(c2ccc(-c3cc4nccnc4c(OCC4CCCCO4)n3)cc2)CC1. The topological polar surface area (TPSA) is 94.5 Å². The third kappa shape index (κ3) is 5.21. The van der Waals surface area contributed by atoms with Gasteiger partial charge in [0, 0.05) is 37.7 Å². The van der Waals surface area contributed by atoms with Crippen molar-refractivity contribution >= 4 is 21.1 Å². The van der Waals surface area contributed by atoms with Crippen molar-refractivity contribution in [3.05, 3.63) is 48.3 Å². The summed E-state index contributed by atoms with van der Waals surface area (Å²) >= 11 is 0. The average Bonchev–Trinajstić information content (AvgIpc) is 2.87. The Hall–Kier alpha value is -2.62. The number of rotatable bonds is 6. The highest BCUT2D eigenvalue weighted by Crippen LogP contribution is 2.32. The number of aromatic nitrogens is 3. The van der Waals surface area contributed by atoms with Crippen molar-refractivity contribution in [2.75, 3.05) is 32.6 Å². The van der Waals surface area contributed by atoms with Gasteiger partial charge in [0.25, 0.3) is 0 Å². The molecule has 0 aliphatic carbocycles. The van der Waals surface area contributed by atoms with Crippen LogP contribution in [-0.4, -0.2) is 66.3 Å². The normalized spacial score (nSPS) is 20.4. The predicted octanol–water partition coefficient (Wildman–Crippen LogP) is 3.78. The molecular formula is C25H30N4O4S. The van der Waals surface area contributed by atoms with Gasteiger partial charge in [0.15, 0.2) is 5.52 Å². The van der Waals surface area contributed by atoms with Gasteiger partial charge in [0.2, 0.25) is 15.9 Å². The second-order valence-electron chi connectivity index (χ2n) is 9.09. The summed E-state index contributed by atoms with van der Waals surface area (Å²) in [6.07, 6.45) is 9.60. The van der Waals surface area contributed by atoms with Crippen molar-refractivity contribution in [1.29, 1.82) is 0 Å². The Kier molecular flexibility index (Phi) is 6.76. The van der Waals surface area contributed by atoms with Gasteiger partial charge in [-0.25, -0.2) is 22.7 Å². The average molecular weight is 483 g/mol. The highest BCUT2D eigenvalue weighted by molar-refractivity contribution is 7.88. The van der Waals surface area contributed by atoms with E-state index in [0.29, 0.717) is 37.0 Å². The molecular weight excluding hydrogens is 452 g/mol. The van der Waals surface area contributed by atoms with Crippen LogP contribution in [-0.2, 0) is 14.8 Å². The van der Waals surface area contributed by atoms with Gasteiger partial charge in [-0.15, -0.1) is 0 Å². The Morgan fingerprint density at radius 2 is 1.82 bits per heavy atom. The first kappa shape index (κ1) is 23.1. The maximum atomic E-state index is 11.8. The molecule has 0 amide bonds. The second kappa shape index (κ2) is 9.93. The Labute approximate surface area is 200 Å². The number of fused-ring (bicyclic) bond motifs is 1. The maximum Gasteiger partial charge on any atom is 0.242 e. The summed E-state index contributed by atoms with van der Waals surface area (Å²) in [7, 11) is -3.11. The molecule has 3 aromatic rings. The standard InChI is InChI=1S/C25H30N4O4S/c1-34(30,31)29-13-9-19(10-14-29)18-5-7-20(8-6-18)22-16-23-24(27-12-11-26-23)25(28-22)33-17-21-4-2-3-15-32-21/h5-8,11-12,16,19,21H,2-4,9-10,13-15,17H2,1H3. The van der Waals surface area contributed by atoms with Crippen LogP contribution in [0.4, 0.5) is 0 Å². The number of ether oxygens (including phenoxy) is 2. The summed E-state index contributed by atoms with van der Waals surface area (Å²) in [4.78, 5) is 13.7. The van der Waals surface area contributed by atoms with Gasteiger partial charge in [0.05, 0.1) is 23.6 Å². The highest BCUT2D eigenvalue weighted by atomic mass is 32.2. The van der Waals surface area contributed by atoms with Crippen LogP contribution in [0.25, 0.3) is 22.3 Å². The third-order valence-electron chi connectivity index (χ3n) is 6.71. The lowest BCUT2D eigenvalue weighted by Crippen LogP contribution is -2.37. The quantitative estimate of drug-likeness (QED) is 0.528. The maximum absolute atomic E-state index is 11.8. The van der Waals surface area contributed by atoms with E-state index < -0.39 is 10.0 Å². The van der Waals surface area contributed by atoms with Crippen molar-refractivity contribution in [2.24, 2.45) is 0 Å². The zero-order chi connectivity index (χ0) is 23.5. The van der Waals surface area contributed by atoms with Gasteiger partial charge < -0.3 is 9.47 Å². The Morgan fingerprint density at radius 1 is 1.06 bits per heavy atom. The number of nitrogens with zero attached hydrogens (tertiary/aromatic N) is 4. The summed E-state index contributed by atoms with van der Waals surface area (Å²) < 4.78 is 37.0. The van der Waals surface area contributed by atoms with E-state index in [9.17, 15) is 8.42 Å². The van der Waals surface area contributed by atoms with Crippen LogP contribution in [0, 0.1) is 0 Å². The van der Waals surface area contributed by atoms with Crippen LogP contribution in [0.5, 0.6) is 5.88 Å². The van der Waals surface area contributed by atoms with Gasteiger partial charge in [0.1, 0.15) is 6.61 Å². The van der Waals surface area contributed by atoms with Crippen LogP contribution in [0.15, 0.2) is 42.7 Å². The van der Waals surface area contributed by atoms with Crippen molar-refractivity contribution in [1.82, 2.24) is 19.3 Å². The van der Waals surface area contributed by atoms with Crippen molar-refractivity contribution in [3.63, 3.8) is 0 Å². The molecule has 9 heteroatoms. The van der Waals surface area contributed by atoms with E-state index in [1.165, 1.54) is 11.8 Å². The minimum atomic E-state index is -3.11. The van der Waals surface area contributed by atoms with E-state index in [4.69, 9.17) is 14.5 Å². The van der Waals surface area contributed by atoms with Crippen LogP contribution in [0.2, 0.25) is 0 Å².